The van der Waals surface area contributed by atoms with Gasteiger partial charge in [-0.2, -0.15) is 0 Å². The summed E-state index contributed by atoms with van der Waals surface area (Å²) < 4.78 is 27.4. The fraction of sp³-hybridized carbons (Fsp3) is 0.235. The molecule has 118 valence electrons. The van der Waals surface area contributed by atoms with E-state index in [9.17, 15) is 8.42 Å². The maximum absolute atomic E-state index is 13.0. The zero-order chi connectivity index (χ0) is 16.2. The van der Waals surface area contributed by atoms with Gasteiger partial charge in [-0.3, -0.25) is 0 Å². The molecule has 0 saturated heterocycles. The normalized spacial score (nSPS) is 15.2. The first-order valence-electron chi connectivity index (χ1n) is 7.45. The molecule has 0 amide bonds. The molecule has 1 aliphatic rings. The molecule has 1 aliphatic carbocycles. The van der Waals surface area contributed by atoms with E-state index >= 15 is 0 Å². The van der Waals surface area contributed by atoms with E-state index < -0.39 is 10.0 Å². The van der Waals surface area contributed by atoms with Gasteiger partial charge in [0.1, 0.15) is 5.15 Å². The molecule has 4 rings (SSSR count). The molecule has 3 aromatic rings. The van der Waals surface area contributed by atoms with Crippen molar-refractivity contribution in [3.63, 3.8) is 0 Å². The van der Waals surface area contributed by atoms with E-state index in [1.165, 1.54) is 3.97 Å². The van der Waals surface area contributed by atoms with Crippen LogP contribution in [0.3, 0.4) is 0 Å². The SMILES string of the molecule is Cc1ccc(S(=O)(=O)n2cc(C3CC3)c3cnc(Cl)cc32)cc1. The standard InChI is InChI=1S/C17H15ClN2O2S/c1-11-2-6-13(7-3-11)23(21,22)20-10-15(12-4-5-12)14-9-19-17(18)8-16(14)20/h2-3,6-10,12H,4-5H2,1H3. The lowest BCUT2D eigenvalue weighted by atomic mass is 10.1. The van der Waals surface area contributed by atoms with Crippen LogP contribution in [-0.2, 0) is 10.0 Å². The van der Waals surface area contributed by atoms with Crippen LogP contribution in [0.25, 0.3) is 10.9 Å². The van der Waals surface area contributed by atoms with E-state index in [1.807, 2.05) is 6.92 Å². The minimum absolute atomic E-state index is 0.273. The van der Waals surface area contributed by atoms with Crippen molar-refractivity contribution in [1.29, 1.82) is 0 Å². The van der Waals surface area contributed by atoms with Gasteiger partial charge in [-0.05, 0) is 43.4 Å². The topological polar surface area (TPSA) is 52.0 Å². The van der Waals surface area contributed by atoms with Gasteiger partial charge in [0.15, 0.2) is 0 Å². The van der Waals surface area contributed by atoms with E-state index in [2.05, 4.69) is 4.98 Å². The van der Waals surface area contributed by atoms with Gasteiger partial charge in [0.05, 0.1) is 10.4 Å². The summed E-state index contributed by atoms with van der Waals surface area (Å²) in [4.78, 5) is 4.39. The molecule has 0 spiro atoms. The number of nitrogens with zero attached hydrogens (tertiary/aromatic N) is 2. The Labute approximate surface area is 139 Å². The van der Waals surface area contributed by atoms with E-state index in [1.54, 1.807) is 42.7 Å². The van der Waals surface area contributed by atoms with Gasteiger partial charge >= 0.3 is 0 Å². The molecule has 0 atom stereocenters. The molecule has 2 heterocycles. The predicted molar refractivity (Wildman–Crippen MR) is 90.5 cm³/mol. The van der Waals surface area contributed by atoms with E-state index in [4.69, 9.17) is 11.6 Å². The molecule has 0 N–H and O–H groups in total. The summed E-state index contributed by atoms with van der Waals surface area (Å²) in [6, 6.07) is 8.49. The number of aromatic nitrogens is 2. The summed E-state index contributed by atoms with van der Waals surface area (Å²) >= 11 is 5.99. The molecule has 0 bridgehead atoms. The second-order valence-electron chi connectivity index (χ2n) is 6.00. The molecule has 6 heteroatoms. The second kappa shape index (κ2) is 5.08. The number of aryl methyl sites for hydroxylation is 1. The molecule has 4 nitrogen and oxygen atoms in total. The Morgan fingerprint density at radius 2 is 1.91 bits per heavy atom. The molecule has 23 heavy (non-hydrogen) atoms. The van der Waals surface area contributed by atoms with Gasteiger partial charge in [-0.15, -0.1) is 0 Å². The monoisotopic (exact) mass is 346 g/mol. The molecule has 0 unspecified atom stereocenters. The average Bonchev–Trinajstić information content (AvgIpc) is 3.28. The number of pyridine rings is 1. The second-order valence-corrected chi connectivity index (χ2v) is 8.20. The first kappa shape index (κ1) is 14.7. The lowest BCUT2D eigenvalue weighted by molar-refractivity contribution is 0.589. The minimum Gasteiger partial charge on any atom is -0.244 e. The quantitative estimate of drug-likeness (QED) is 0.670. The Bertz CT molecular complexity index is 1000. The lowest BCUT2D eigenvalue weighted by Crippen LogP contribution is -2.11. The van der Waals surface area contributed by atoms with Gasteiger partial charge < -0.3 is 0 Å². The van der Waals surface area contributed by atoms with Gasteiger partial charge in [0.25, 0.3) is 10.0 Å². The first-order valence-corrected chi connectivity index (χ1v) is 9.27. The molecular formula is C17H15ClN2O2S. The maximum Gasteiger partial charge on any atom is 0.268 e. The van der Waals surface area contributed by atoms with Crippen molar-refractivity contribution in [3.8, 4) is 0 Å². The Morgan fingerprint density at radius 3 is 2.57 bits per heavy atom. The van der Waals surface area contributed by atoms with Crippen molar-refractivity contribution in [1.82, 2.24) is 8.96 Å². The third-order valence-corrected chi connectivity index (χ3v) is 6.14. The highest BCUT2D eigenvalue weighted by molar-refractivity contribution is 7.90. The number of rotatable bonds is 3. The van der Waals surface area contributed by atoms with E-state index in [0.29, 0.717) is 16.6 Å². The fourth-order valence-electron chi connectivity index (χ4n) is 2.83. The highest BCUT2D eigenvalue weighted by atomic mass is 35.5. The van der Waals surface area contributed by atoms with Gasteiger partial charge in [0.2, 0.25) is 0 Å². The highest BCUT2D eigenvalue weighted by Crippen LogP contribution is 2.44. The van der Waals surface area contributed by atoms with Crippen molar-refractivity contribution >= 4 is 32.5 Å². The average molecular weight is 347 g/mol. The number of benzene rings is 1. The van der Waals surface area contributed by atoms with Crippen LogP contribution in [-0.4, -0.2) is 17.4 Å². The molecule has 0 aliphatic heterocycles. The number of fused-ring (bicyclic) bond motifs is 1. The van der Waals surface area contributed by atoms with Crippen LogP contribution in [0.2, 0.25) is 5.15 Å². The molecular weight excluding hydrogens is 332 g/mol. The van der Waals surface area contributed by atoms with Crippen LogP contribution in [0, 0.1) is 6.92 Å². The summed E-state index contributed by atoms with van der Waals surface area (Å²) in [7, 11) is -3.65. The summed E-state index contributed by atoms with van der Waals surface area (Å²) in [6.45, 7) is 1.93. The van der Waals surface area contributed by atoms with Gasteiger partial charge in [0, 0.05) is 23.8 Å². The molecule has 2 aromatic heterocycles. The smallest absolute Gasteiger partial charge is 0.244 e. The largest absolute Gasteiger partial charge is 0.268 e. The third-order valence-electron chi connectivity index (χ3n) is 4.25. The van der Waals surface area contributed by atoms with Crippen molar-refractivity contribution in [2.24, 2.45) is 0 Å². The summed E-state index contributed by atoms with van der Waals surface area (Å²) in [5, 5.41) is 1.16. The zero-order valence-electron chi connectivity index (χ0n) is 12.5. The number of halogens is 1. The van der Waals surface area contributed by atoms with Crippen molar-refractivity contribution in [2.75, 3.05) is 0 Å². The molecule has 0 radical (unpaired) electrons. The Balaban J connectivity index is 1.97. The summed E-state index contributed by atoms with van der Waals surface area (Å²) in [6.07, 6.45) is 5.58. The van der Waals surface area contributed by atoms with Crippen LogP contribution in [0.5, 0.6) is 0 Å². The van der Waals surface area contributed by atoms with E-state index in [-0.39, 0.29) is 4.90 Å². The Kier molecular flexibility index (Phi) is 3.25. The molecule has 1 aromatic carbocycles. The molecule has 1 saturated carbocycles. The van der Waals surface area contributed by atoms with Crippen LogP contribution in [0.15, 0.2) is 47.6 Å². The Morgan fingerprint density at radius 1 is 1.22 bits per heavy atom. The van der Waals surface area contributed by atoms with Crippen LogP contribution < -0.4 is 0 Å². The van der Waals surface area contributed by atoms with Crippen molar-refractivity contribution in [2.45, 2.75) is 30.6 Å². The first-order chi connectivity index (χ1) is 11.0. The van der Waals surface area contributed by atoms with Crippen molar-refractivity contribution in [3.05, 3.63) is 59.0 Å². The molecule has 1 fully saturated rings. The van der Waals surface area contributed by atoms with Crippen LogP contribution >= 0.6 is 11.6 Å². The maximum atomic E-state index is 13.0. The highest BCUT2D eigenvalue weighted by Gasteiger charge is 2.30. The van der Waals surface area contributed by atoms with E-state index in [0.717, 1.165) is 29.4 Å². The minimum atomic E-state index is -3.65. The lowest BCUT2D eigenvalue weighted by Gasteiger charge is -2.08. The summed E-state index contributed by atoms with van der Waals surface area (Å²) in [5.41, 5.74) is 2.65. The Hall–Kier alpha value is -1.85. The fourth-order valence-corrected chi connectivity index (χ4v) is 4.35. The third kappa shape index (κ3) is 2.44. The van der Waals surface area contributed by atoms with Crippen LogP contribution in [0.4, 0.5) is 0 Å². The van der Waals surface area contributed by atoms with Crippen molar-refractivity contribution < 1.29 is 8.42 Å². The van der Waals surface area contributed by atoms with Gasteiger partial charge in [-0.25, -0.2) is 17.4 Å². The summed E-state index contributed by atoms with van der Waals surface area (Å²) in [5.74, 6) is 0.426. The van der Waals surface area contributed by atoms with Crippen LogP contribution in [0.1, 0.15) is 29.9 Å². The van der Waals surface area contributed by atoms with Gasteiger partial charge in [-0.1, -0.05) is 29.3 Å². The zero-order valence-corrected chi connectivity index (χ0v) is 14.1. The number of hydrogen-bond acceptors (Lipinski definition) is 3. The predicted octanol–water partition coefficient (Wildman–Crippen LogP) is 4.11. The number of hydrogen-bond donors (Lipinski definition) is 0.